The molecule has 1 aromatic rings. The van der Waals surface area contributed by atoms with E-state index in [1.54, 1.807) is 30.3 Å². The van der Waals surface area contributed by atoms with Crippen molar-refractivity contribution in [3.05, 3.63) is 35.9 Å². The van der Waals surface area contributed by atoms with Crippen molar-refractivity contribution in [2.45, 2.75) is 114 Å². The molecule has 1 saturated heterocycles. The van der Waals surface area contributed by atoms with Crippen LogP contribution in [0.4, 0.5) is 0 Å². The number of hydrogen-bond donors (Lipinski definition) is 15. The third kappa shape index (κ3) is 23.4. The van der Waals surface area contributed by atoms with Gasteiger partial charge >= 0.3 is 5.97 Å². The van der Waals surface area contributed by atoms with E-state index < -0.39 is 96.0 Å². The zero-order valence-corrected chi connectivity index (χ0v) is 38.1. The van der Waals surface area contributed by atoms with Gasteiger partial charge in [0.15, 0.2) is 17.9 Å². The first kappa shape index (κ1) is 56.4. The zero-order valence-electron chi connectivity index (χ0n) is 38.1. The smallest absolute Gasteiger partial charge is 0.326 e. The standard InChI is InChI=1S/C41H67N17O10/c1-23(59)53-26(12-6-19-50-40(44)45)34(63)57-28-15-16-31(60)48-17-8-14-29(38(67)68)54-32(61)22-52-33(62)25(11-5-18-49-39(42)43)55-37(66)30(21-24-9-3-2-4-10-24)58-35(64)27(56-36(28)65)13-7-20-51-41(46)47/h2-4,9-10,25-30H,5-8,11-22H2,1H3,(H,48,60)(H,52,62)(H,53,59)(H,54,61)(H,55,66)(H,56,65)(H,57,63)(H,58,64)(H,67,68)(H4,42,43,49)(H4,44,45,50)(H4,46,47,51)/t25-,26-,27-,28-,29-,30+/m0/s1. The van der Waals surface area contributed by atoms with Crippen molar-refractivity contribution in [3.63, 3.8) is 0 Å². The Kier molecular flexibility index (Phi) is 25.3. The van der Waals surface area contributed by atoms with Crippen LogP contribution in [0.25, 0.3) is 0 Å². The van der Waals surface area contributed by atoms with Crippen LogP contribution in [0.5, 0.6) is 0 Å². The molecule has 6 atom stereocenters. The number of benzene rings is 1. The highest BCUT2D eigenvalue weighted by molar-refractivity contribution is 5.97. The van der Waals surface area contributed by atoms with E-state index in [9.17, 15) is 48.3 Å². The fourth-order valence-electron chi connectivity index (χ4n) is 6.67. The topological polar surface area (TPSA) is 463 Å². The van der Waals surface area contributed by atoms with Crippen molar-refractivity contribution in [3.8, 4) is 0 Å². The van der Waals surface area contributed by atoms with Crippen LogP contribution in [0.1, 0.15) is 76.7 Å². The maximum Gasteiger partial charge on any atom is 0.326 e. The lowest BCUT2D eigenvalue weighted by Crippen LogP contribution is -2.59. The molecule has 376 valence electrons. The largest absolute Gasteiger partial charge is 0.480 e. The molecule has 68 heavy (non-hydrogen) atoms. The van der Waals surface area contributed by atoms with Gasteiger partial charge in [0.05, 0.1) is 6.54 Å². The van der Waals surface area contributed by atoms with E-state index in [0.29, 0.717) is 5.56 Å². The molecule has 0 unspecified atom stereocenters. The van der Waals surface area contributed by atoms with Gasteiger partial charge in [0.25, 0.3) is 0 Å². The van der Waals surface area contributed by atoms with Gasteiger partial charge in [0.1, 0.15) is 36.3 Å². The van der Waals surface area contributed by atoms with E-state index in [1.807, 2.05) is 0 Å². The second kappa shape index (κ2) is 30.5. The number of aliphatic carboxylic acids is 1. The normalized spacial score (nSPS) is 20.8. The minimum absolute atomic E-state index is 0.0242. The summed E-state index contributed by atoms with van der Waals surface area (Å²) in [5.41, 5.74) is 33.3. The molecule has 1 aromatic carbocycles. The van der Waals surface area contributed by atoms with Crippen LogP contribution < -0.4 is 76.9 Å². The minimum Gasteiger partial charge on any atom is -0.480 e. The Labute approximate surface area is 393 Å². The molecule has 0 bridgehead atoms. The van der Waals surface area contributed by atoms with Gasteiger partial charge < -0.3 is 82.0 Å². The van der Waals surface area contributed by atoms with Crippen molar-refractivity contribution in [1.29, 1.82) is 0 Å². The first-order valence-corrected chi connectivity index (χ1v) is 22.0. The number of aliphatic imine (C=N–C) groups is 3. The van der Waals surface area contributed by atoms with Crippen LogP contribution >= 0.6 is 0 Å². The molecule has 0 spiro atoms. The molecular weight excluding hydrogens is 891 g/mol. The number of carboxylic acids is 1. The Balaban J connectivity index is 2.65. The number of hydrogen-bond acceptors (Lipinski definition) is 12. The summed E-state index contributed by atoms with van der Waals surface area (Å²) in [7, 11) is 0. The van der Waals surface area contributed by atoms with Gasteiger partial charge in [-0.15, -0.1) is 0 Å². The molecule has 1 fully saturated rings. The van der Waals surface area contributed by atoms with Gasteiger partial charge in [-0.25, -0.2) is 4.79 Å². The number of rotatable bonds is 18. The van der Waals surface area contributed by atoms with Crippen molar-refractivity contribution in [2.75, 3.05) is 32.7 Å². The Hall–Kier alpha value is -7.74. The lowest BCUT2D eigenvalue weighted by atomic mass is 10.0. The van der Waals surface area contributed by atoms with Crippen molar-refractivity contribution in [2.24, 2.45) is 49.4 Å². The summed E-state index contributed by atoms with van der Waals surface area (Å²) < 4.78 is 0. The summed E-state index contributed by atoms with van der Waals surface area (Å²) in [6, 6.07) is 0.300. The molecule has 0 aromatic heterocycles. The fraction of sp³-hybridized carbons (Fsp3) is 0.561. The monoisotopic (exact) mass is 958 g/mol. The summed E-state index contributed by atoms with van der Waals surface area (Å²) in [6.07, 6.45) is -0.469. The predicted octanol–water partition coefficient (Wildman–Crippen LogP) is -5.79. The highest BCUT2D eigenvalue weighted by Crippen LogP contribution is 2.10. The number of amides is 8. The molecule has 0 radical (unpaired) electrons. The molecule has 1 heterocycles. The Morgan fingerprint density at radius 2 is 1.24 bits per heavy atom. The summed E-state index contributed by atoms with van der Waals surface area (Å²) in [4.78, 5) is 132. The average Bonchev–Trinajstić information content (AvgIpc) is 3.27. The number of nitrogens with one attached hydrogen (secondary N) is 8. The van der Waals surface area contributed by atoms with Crippen LogP contribution in [0, 0.1) is 0 Å². The van der Waals surface area contributed by atoms with Gasteiger partial charge in [-0.3, -0.25) is 53.3 Å². The minimum atomic E-state index is -1.50. The highest BCUT2D eigenvalue weighted by Gasteiger charge is 2.33. The molecule has 2 rings (SSSR count). The maximum absolute atomic E-state index is 14.3. The molecule has 0 saturated carbocycles. The van der Waals surface area contributed by atoms with Crippen molar-refractivity contribution >= 4 is 71.1 Å². The van der Waals surface area contributed by atoms with E-state index in [4.69, 9.17) is 34.4 Å². The van der Waals surface area contributed by atoms with E-state index in [1.165, 1.54) is 6.92 Å². The summed E-state index contributed by atoms with van der Waals surface area (Å²) in [6.45, 7) is 0.656. The zero-order chi connectivity index (χ0) is 50.6. The average molecular weight is 958 g/mol. The van der Waals surface area contributed by atoms with Gasteiger partial charge in [0, 0.05) is 45.9 Å². The van der Waals surface area contributed by atoms with Gasteiger partial charge in [-0.05, 0) is 63.4 Å². The maximum atomic E-state index is 14.3. The van der Waals surface area contributed by atoms with Gasteiger partial charge in [-0.2, -0.15) is 0 Å². The summed E-state index contributed by atoms with van der Waals surface area (Å²) in [5, 5.41) is 30.2. The lowest BCUT2D eigenvalue weighted by Gasteiger charge is -2.27. The first-order chi connectivity index (χ1) is 32.2. The third-order valence-corrected chi connectivity index (χ3v) is 10.1. The van der Waals surface area contributed by atoms with E-state index in [2.05, 4.69) is 57.5 Å². The number of nitrogens with zero attached hydrogens (tertiary/aromatic N) is 3. The third-order valence-electron chi connectivity index (χ3n) is 10.1. The Morgan fingerprint density at radius 3 is 1.81 bits per heavy atom. The number of carbonyl (C=O) groups is 9. The molecule has 8 amide bonds. The first-order valence-electron chi connectivity index (χ1n) is 22.0. The van der Waals surface area contributed by atoms with Crippen molar-refractivity contribution < 1.29 is 48.3 Å². The quantitative estimate of drug-likeness (QED) is 0.0370. The predicted molar refractivity (Wildman–Crippen MR) is 249 cm³/mol. The molecule has 1 aliphatic heterocycles. The van der Waals surface area contributed by atoms with Crippen LogP contribution in [0.3, 0.4) is 0 Å². The number of nitrogens with two attached hydrogens (primary N) is 6. The molecular formula is C41H67N17O10. The van der Waals surface area contributed by atoms with Crippen LogP contribution in [0.2, 0.25) is 0 Å². The molecule has 27 nitrogen and oxygen atoms in total. The van der Waals surface area contributed by atoms with Gasteiger partial charge in [-0.1, -0.05) is 30.3 Å². The Morgan fingerprint density at radius 1 is 0.691 bits per heavy atom. The van der Waals surface area contributed by atoms with Gasteiger partial charge in [0.2, 0.25) is 47.3 Å². The number of guanidine groups is 3. The molecule has 21 N–H and O–H groups in total. The van der Waals surface area contributed by atoms with E-state index in [0.717, 1.165) is 0 Å². The second-order valence-corrected chi connectivity index (χ2v) is 15.7. The molecule has 1 aliphatic rings. The Bertz CT molecular complexity index is 1970. The van der Waals surface area contributed by atoms with E-state index >= 15 is 0 Å². The molecule has 0 aliphatic carbocycles. The fourth-order valence-corrected chi connectivity index (χ4v) is 6.67. The second-order valence-electron chi connectivity index (χ2n) is 15.7. The number of carboxylic acid groups (broad SMARTS) is 1. The SMILES string of the molecule is CC(=O)N[C@@H](CCCN=C(N)N)C(=O)N[C@H]1CCC(=O)NCCC[C@@H](C(=O)O)NC(=O)CNC(=O)[C@H](CCCN=C(N)N)NC(=O)[C@@H](Cc2ccccc2)NC(=O)[C@H](CCCN=C(N)N)NC1=O. The molecule has 27 heteroatoms. The summed E-state index contributed by atoms with van der Waals surface area (Å²) >= 11 is 0. The summed E-state index contributed by atoms with van der Waals surface area (Å²) in [5.74, 6) is -8.31. The van der Waals surface area contributed by atoms with Crippen LogP contribution in [0.15, 0.2) is 45.3 Å². The van der Waals surface area contributed by atoms with Crippen LogP contribution in [-0.4, -0.2) is 145 Å². The highest BCUT2D eigenvalue weighted by atomic mass is 16.4. The number of carbonyl (C=O) groups excluding carboxylic acids is 8. The lowest BCUT2D eigenvalue weighted by molar-refractivity contribution is -0.142. The van der Waals surface area contributed by atoms with Crippen molar-refractivity contribution in [1.82, 2.24) is 42.5 Å². The van der Waals surface area contributed by atoms with Crippen LogP contribution in [-0.2, 0) is 49.6 Å². The van der Waals surface area contributed by atoms with E-state index in [-0.39, 0.29) is 115 Å².